The van der Waals surface area contributed by atoms with Crippen LogP contribution in [0.25, 0.3) is 11.1 Å². The molecule has 4 rings (SSSR count). The van der Waals surface area contributed by atoms with Gasteiger partial charge in [0.05, 0.1) is 12.2 Å². The van der Waals surface area contributed by atoms with E-state index in [1.54, 1.807) is 12.1 Å². The van der Waals surface area contributed by atoms with Crippen LogP contribution < -0.4 is 9.47 Å². The third kappa shape index (κ3) is 6.82. The Kier molecular flexibility index (Phi) is 9.05. The lowest BCUT2D eigenvalue weighted by atomic mass is 10.0. The van der Waals surface area contributed by atoms with Crippen LogP contribution in [0.4, 0.5) is 39.5 Å². The lowest BCUT2D eigenvalue weighted by Crippen LogP contribution is -2.25. The molecule has 0 unspecified atom stereocenters. The maximum absolute atomic E-state index is 14.8. The largest absolute Gasteiger partial charge is 0.494 e. The molecule has 2 nitrogen and oxygen atoms in total. The summed E-state index contributed by atoms with van der Waals surface area (Å²) in [6, 6.07) is 8.91. The second-order valence-electron chi connectivity index (χ2n) is 8.93. The Labute approximate surface area is 234 Å². The number of alkyl halides is 2. The molecule has 0 heterocycles. The number of benzene rings is 4. The zero-order chi connectivity index (χ0) is 30.6. The maximum Gasteiger partial charge on any atom is 0.432 e. The zero-order valence-electron chi connectivity index (χ0n) is 21.6. The Hall–Kier alpha value is -4.59. The molecule has 218 valence electrons. The van der Waals surface area contributed by atoms with E-state index in [9.17, 15) is 39.5 Å². The molecule has 0 bridgehead atoms. The molecule has 0 saturated carbocycles. The molecule has 0 aliphatic heterocycles. The van der Waals surface area contributed by atoms with Gasteiger partial charge in [0.15, 0.2) is 17.5 Å². The molecule has 0 amide bonds. The maximum atomic E-state index is 14.8. The van der Waals surface area contributed by atoms with Crippen molar-refractivity contribution in [2.45, 2.75) is 25.9 Å². The topological polar surface area (TPSA) is 18.5 Å². The molecule has 0 aromatic heterocycles. The van der Waals surface area contributed by atoms with Crippen LogP contribution in [-0.2, 0) is 6.11 Å². The smallest absolute Gasteiger partial charge is 0.432 e. The van der Waals surface area contributed by atoms with Crippen LogP contribution in [0.1, 0.15) is 36.5 Å². The monoisotopic (exact) mass is 594 g/mol. The molecule has 11 heteroatoms. The van der Waals surface area contributed by atoms with E-state index in [0.29, 0.717) is 42.2 Å². The predicted molar refractivity (Wildman–Crippen MR) is 135 cm³/mol. The molecule has 0 saturated heterocycles. The second kappa shape index (κ2) is 12.5. The number of hydrogen-bond donors (Lipinski definition) is 0. The Bertz CT molecular complexity index is 1600. The van der Waals surface area contributed by atoms with Crippen LogP contribution in [0.5, 0.6) is 11.5 Å². The number of ether oxygens (including phenoxy) is 2. The molecule has 0 radical (unpaired) electrons. The normalized spacial score (nSPS) is 11.2. The fourth-order valence-corrected chi connectivity index (χ4v) is 3.79. The Morgan fingerprint density at radius 2 is 1.21 bits per heavy atom. The average molecular weight is 594 g/mol. The van der Waals surface area contributed by atoms with Gasteiger partial charge in [-0.05, 0) is 53.9 Å². The molecule has 0 spiro atoms. The van der Waals surface area contributed by atoms with Crippen molar-refractivity contribution in [3.05, 3.63) is 118 Å². The van der Waals surface area contributed by atoms with E-state index >= 15 is 0 Å². The number of hydrogen-bond acceptors (Lipinski definition) is 2. The van der Waals surface area contributed by atoms with E-state index < -0.39 is 69.3 Å². The van der Waals surface area contributed by atoms with Gasteiger partial charge >= 0.3 is 6.11 Å². The third-order valence-corrected chi connectivity index (χ3v) is 5.86. The van der Waals surface area contributed by atoms with Crippen LogP contribution in [0.3, 0.4) is 0 Å². The van der Waals surface area contributed by atoms with Crippen molar-refractivity contribution in [2.24, 2.45) is 0 Å². The number of unbranched alkanes of at least 4 members (excludes halogenated alkanes) is 1. The highest BCUT2D eigenvalue weighted by Gasteiger charge is 2.41. The summed E-state index contributed by atoms with van der Waals surface area (Å²) in [7, 11) is 0. The van der Waals surface area contributed by atoms with E-state index in [4.69, 9.17) is 4.74 Å². The van der Waals surface area contributed by atoms with Gasteiger partial charge in [0, 0.05) is 17.7 Å². The highest BCUT2D eigenvalue weighted by atomic mass is 19.3. The van der Waals surface area contributed by atoms with Crippen molar-refractivity contribution in [1.82, 2.24) is 0 Å². The summed E-state index contributed by atoms with van der Waals surface area (Å²) in [6.45, 7) is 2.47. The minimum Gasteiger partial charge on any atom is -0.494 e. The fourth-order valence-electron chi connectivity index (χ4n) is 3.79. The molecule has 4 aromatic carbocycles. The summed E-state index contributed by atoms with van der Waals surface area (Å²) in [4.78, 5) is 0. The van der Waals surface area contributed by atoms with Gasteiger partial charge in [0.1, 0.15) is 40.3 Å². The predicted octanol–water partition coefficient (Wildman–Crippen LogP) is 9.03. The molecule has 4 aromatic rings. The Morgan fingerprint density at radius 3 is 1.76 bits per heavy atom. The van der Waals surface area contributed by atoms with E-state index in [-0.39, 0.29) is 17.7 Å². The zero-order valence-corrected chi connectivity index (χ0v) is 21.6. The lowest BCUT2D eigenvalue weighted by molar-refractivity contribution is -0.189. The molecule has 42 heavy (non-hydrogen) atoms. The van der Waals surface area contributed by atoms with Gasteiger partial charge in [-0.1, -0.05) is 37.3 Å². The quantitative estimate of drug-likeness (QED) is 0.0878. The van der Waals surface area contributed by atoms with Crippen LogP contribution >= 0.6 is 0 Å². The molecule has 0 fully saturated rings. The van der Waals surface area contributed by atoms with Gasteiger partial charge in [-0.25, -0.2) is 30.7 Å². The van der Waals surface area contributed by atoms with Crippen molar-refractivity contribution < 1.29 is 49.0 Å². The molecule has 0 N–H and O–H groups in total. The molecular formula is C31H19F9O2. The molecule has 0 aliphatic carbocycles. The van der Waals surface area contributed by atoms with Crippen molar-refractivity contribution >= 4 is 0 Å². The van der Waals surface area contributed by atoms with Crippen LogP contribution in [0.2, 0.25) is 0 Å². The van der Waals surface area contributed by atoms with Crippen molar-refractivity contribution in [3.63, 3.8) is 0 Å². The minimum atomic E-state index is -4.71. The van der Waals surface area contributed by atoms with Crippen LogP contribution in [-0.4, -0.2) is 6.61 Å². The summed E-state index contributed by atoms with van der Waals surface area (Å²) in [5.41, 5.74) is -3.03. The van der Waals surface area contributed by atoms with E-state index in [1.807, 2.05) is 18.8 Å². The SMILES string of the molecule is CCCCOc1ccc(-c2cc(F)c(C(F)(F)Oc3cc(F)c(C#Cc4cc(F)c(F)c(F)c4)c(F)c3)c(F)c2)cc1. The van der Waals surface area contributed by atoms with Gasteiger partial charge in [0.2, 0.25) is 0 Å². The van der Waals surface area contributed by atoms with Crippen LogP contribution in [0, 0.1) is 52.6 Å². The third-order valence-electron chi connectivity index (χ3n) is 5.86. The summed E-state index contributed by atoms with van der Waals surface area (Å²) in [6.07, 6.45) is -2.96. The highest BCUT2D eigenvalue weighted by molar-refractivity contribution is 5.65. The Morgan fingerprint density at radius 1 is 0.643 bits per heavy atom. The number of halogens is 9. The average Bonchev–Trinajstić information content (AvgIpc) is 2.91. The van der Waals surface area contributed by atoms with Gasteiger partial charge < -0.3 is 9.47 Å². The standard InChI is InChI=1S/C31H19F9O2/c1-2-3-10-41-20-7-5-18(6-8-20)19-13-25(34)29(26(35)14-19)31(39,40)42-21-15-23(32)22(24(33)16-21)9-4-17-11-27(36)30(38)28(37)12-17/h5-8,11-16H,2-3,10H2,1H3. The highest BCUT2D eigenvalue weighted by Crippen LogP contribution is 2.38. The van der Waals surface area contributed by atoms with E-state index in [2.05, 4.69) is 4.74 Å². The van der Waals surface area contributed by atoms with Gasteiger partial charge in [-0.15, -0.1) is 0 Å². The summed E-state index contributed by atoms with van der Waals surface area (Å²) in [5.74, 6) is -8.07. The summed E-state index contributed by atoms with van der Waals surface area (Å²) >= 11 is 0. The first-order valence-electron chi connectivity index (χ1n) is 12.3. The Balaban J connectivity index is 1.56. The minimum absolute atomic E-state index is 0.0643. The van der Waals surface area contributed by atoms with Crippen molar-refractivity contribution in [1.29, 1.82) is 0 Å². The van der Waals surface area contributed by atoms with Gasteiger partial charge in [-0.3, -0.25) is 0 Å². The van der Waals surface area contributed by atoms with E-state index in [0.717, 1.165) is 12.8 Å². The van der Waals surface area contributed by atoms with Gasteiger partial charge in [-0.2, -0.15) is 8.78 Å². The first-order valence-corrected chi connectivity index (χ1v) is 12.3. The van der Waals surface area contributed by atoms with E-state index in [1.165, 1.54) is 12.1 Å². The summed E-state index contributed by atoms with van der Waals surface area (Å²) < 4.78 is 138. The molecular weight excluding hydrogens is 575 g/mol. The first kappa shape index (κ1) is 30.4. The lowest BCUT2D eigenvalue weighted by Gasteiger charge is -2.20. The molecule has 0 aliphatic rings. The van der Waals surface area contributed by atoms with Crippen molar-refractivity contribution in [2.75, 3.05) is 6.61 Å². The first-order chi connectivity index (χ1) is 19.9. The fraction of sp³-hybridized carbons (Fsp3) is 0.161. The van der Waals surface area contributed by atoms with Crippen LogP contribution in [0.15, 0.2) is 60.7 Å². The second-order valence-corrected chi connectivity index (χ2v) is 8.93. The van der Waals surface area contributed by atoms with Gasteiger partial charge in [0.25, 0.3) is 0 Å². The molecule has 0 atom stereocenters. The number of rotatable bonds is 8. The van der Waals surface area contributed by atoms with Crippen molar-refractivity contribution in [3.8, 4) is 34.5 Å². The summed E-state index contributed by atoms with van der Waals surface area (Å²) in [5, 5.41) is 0.